The van der Waals surface area contributed by atoms with E-state index in [-0.39, 0.29) is 5.78 Å². The van der Waals surface area contributed by atoms with E-state index in [4.69, 9.17) is 11.6 Å². The zero-order valence-electron chi connectivity index (χ0n) is 8.54. The van der Waals surface area contributed by atoms with E-state index in [2.05, 4.69) is 0 Å². The summed E-state index contributed by atoms with van der Waals surface area (Å²) in [6, 6.07) is 7.22. The molecule has 2 rings (SSSR count). The molecule has 0 aliphatic carbocycles. The Balaban J connectivity index is 1.98. The van der Waals surface area contributed by atoms with Gasteiger partial charge in [0, 0.05) is 10.6 Å². The van der Waals surface area contributed by atoms with Crippen LogP contribution in [0.15, 0.2) is 24.3 Å². The van der Waals surface area contributed by atoms with E-state index in [0.717, 1.165) is 11.3 Å². The van der Waals surface area contributed by atoms with E-state index < -0.39 is 0 Å². The lowest BCUT2D eigenvalue weighted by Crippen LogP contribution is -2.17. The van der Waals surface area contributed by atoms with Crippen LogP contribution < -0.4 is 0 Å². The van der Waals surface area contributed by atoms with Crippen LogP contribution in [0.1, 0.15) is 23.2 Å². The van der Waals surface area contributed by atoms with Crippen molar-refractivity contribution in [1.29, 1.82) is 0 Å². The minimum atomic E-state index is 0.275. The fraction of sp³-hybridized carbons (Fsp3) is 0.417. The highest BCUT2D eigenvalue weighted by molar-refractivity contribution is 7.97. The molecule has 1 heterocycles. The molecule has 0 atom stereocenters. The van der Waals surface area contributed by atoms with Crippen molar-refractivity contribution in [1.82, 2.24) is 0 Å². The maximum absolute atomic E-state index is 11.9. The summed E-state index contributed by atoms with van der Waals surface area (Å²) in [6.07, 6.45) is 2.61. The molecule has 1 aromatic carbocycles. The van der Waals surface area contributed by atoms with Gasteiger partial charge in [-0.25, -0.2) is 0 Å². The summed E-state index contributed by atoms with van der Waals surface area (Å²) in [7, 11) is 0.354. The molecular weight excluding hydrogens is 228 g/mol. The van der Waals surface area contributed by atoms with E-state index in [9.17, 15) is 4.79 Å². The first-order valence-corrected chi connectivity index (χ1v) is 7.29. The number of benzene rings is 1. The number of carbonyl (C=O) groups excluding carboxylic acids is 1. The molecule has 1 aromatic rings. The highest BCUT2D eigenvalue weighted by Gasteiger charge is 2.27. The topological polar surface area (TPSA) is 17.1 Å². The summed E-state index contributed by atoms with van der Waals surface area (Å²) in [6.45, 7) is 0. The standard InChI is InChI=1S/C12H14ClOS/c13-11-5-3-10(4-6-11)12(14)9-15-7-1-2-8-15/h3-6H,1-2,7-9H2/q+1. The van der Waals surface area contributed by atoms with Gasteiger partial charge in [-0.2, -0.15) is 0 Å². The number of halogens is 1. The molecule has 0 unspecified atom stereocenters. The third-order valence-electron chi connectivity index (χ3n) is 2.62. The van der Waals surface area contributed by atoms with Crippen molar-refractivity contribution in [3.8, 4) is 0 Å². The van der Waals surface area contributed by atoms with Gasteiger partial charge in [0.1, 0.15) is 11.5 Å². The monoisotopic (exact) mass is 241 g/mol. The van der Waals surface area contributed by atoms with Crippen LogP contribution in [0.2, 0.25) is 5.02 Å². The second-order valence-corrected chi connectivity index (χ2v) is 6.57. The minimum Gasteiger partial charge on any atom is -0.289 e. The maximum Gasteiger partial charge on any atom is 0.211 e. The zero-order chi connectivity index (χ0) is 10.7. The molecule has 1 nitrogen and oxygen atoms in total. The van der Waals surface area contributed by atoms with Crippen molar-refractivity contribution < 1.29 is 4.79 Å². The molecule has 15 heavy (non-hydrogen) atoms. The number of ketones is 1. The van der Waals surface area contributed by atoms with E-state index in [1.165, 1.54) is 24.3 Å². The second kappa shape index (κ2) is 5.04. The predicted octanol–water partition coefficient (Wildman–Crippen LogP) is 2.93. The van der Waals surface area contributed by atoms with Crippen molar-refractivity contribution in [2.75, 3.05) is 17.3 Å². The molecule has 80 valence electrons. The zero-order valence-corrected chi connectivity index (χ0v) is 10.1. The van der Waals surface area contributed by atoms with Crippen LogP contribution in [-0.2, 0) is 10.9 Å². The first-order chi connectivity index (χ1) is 7.25. The van der Waals surface area contributed by atoms with E-state index >= 15 is 0 Å². The Morgan fingerprint density at radius 1 is 1.20 bits per heavy atom. The van der Waals surface area contributed by atoms with Gasteiger partial charge in [0.2, 0.25) is 5.78 Å². The fourth-order valence-electron chi connectivity index (χ4n) is 1.76. The van der Waals surface area contributed by atoms with E-state index in [1.807, 2.05) is 12.1 Å². The molecule has 1 aliphatic rings. The summed E-state index contributed by atoms with van der Waals surface area (Å²) < 4.78 is 0. The molecule has 0 aromatic heterocycles. The van der Waals surface area contributed by atoms with E-state index in [1.54, 1.807) is 12.1 Å². The summed E-state index contributed by atoms with van der Waals surface area (Å²) in [5.41, 5.74) is 0.804. The van der Waals surface area contributed by atoms with Crippen molar-refractivity contribution in [2.24, 2.45) is 0 Å². The van der Waals surface area contributed by atoms with Gasteiger partial charge in [0.15, 0.2) is 5.75 Å². The number of hydrogen-bond acceptors (Lipinski definition) is 1. The van der Waals surface area contributed by atoms with Gasteiger partial charge in [-0.3, -0.25) is 4.79 Å². The van der Waals surface area contributed by atoms with Gasteiger partial charge in [-0.05, 0) is 48.0 Å². The van der Waals surface area contributed by atoms with Crippen molar-refractivity contribution in [2.45, 2.75) is 12.8 Å². The molecule has 0 N–H and O–H groups in total. The maximum atomic E-state index is 11.9. The van der Waals surface area contributed by atoms with E-state index in [0.29, 0.717) is 15.9 Å². The van der Waals surface area contributed by atoms with Gasteiger partial charge in [0.25, 0.3) is 0 Å². The quantitative estimate of drug-likeness (QED) is 0.588. The predicted molar refractivity (Wildman–Crippen MR) is 67.0 cm³/mol. The lowest BCUT2D eigenvalue weighted by Gasteiger charge is -2.01. The normalized spacial score (nSPS) is 16.9. The van der Waals surface area contributed by atoms with Crippen molar-refractivity contribution in [3.05, 3.63) is 34.9 Å². The Morgan fingerprint density at radius 2 is 1.80 bits per heavy atom. The van der Waals surface area contributed by atoms with Gasteiger partial charge < -0.3 is 0 Å². The van der Waals surface area contributed by atoms with Crippen LogP contribution in [0.3, 0.4) is 0 Å². The minimum absolute atomic E-state index is 0.275. The van der Waals surface area contributed by atoms with Crippen LogP contribution in [0.25, 0.3) is 0 Å². The largest absolute Gasteiger partial charge is 0.289 e. The van der Waals surface area contributed by atoms with Gasteiger partial charge in [0.05, 0.1) is 0 Å². The number of rotatable bonds is 3. The van der Waals surface area contributed by atoms with Crippen LogP contribution in [0.4, 0.5) is 0 Å². The molecule has 1 aliphatic heterocycles. The smallest absolute Gasteiger partial charge is 0.211 e. The van der Waals surface area contributed by atoms with Crippen LogP contribution >= 0.6 is 11.6 Å². The Labute approximate surface area is 98.2 Å². The van der Waals surface area contributed by atoms with Crippen molar-refractivity contribution >= 4 is 28.3 Å². The first kappa shape index (κ1) is 11.0. The summed E-state index contributed by atoms with van der Waals surface area (Å²) in [5.74, 6) is 3.51. The molecule has 0 saturated carbocycles. The highest BCUT2D eigenvalue weighted by atomic mass is 35.5. The third-order valence-corrected chi connectivity index (χ3v) is 5.27. The SMILES string of the molecule is O=C(C[S+]1CCCC1)c1ccc(Cl)cc1. The number of Topliss-reactive ketones (excluding diaryl/α,β-unsaturated/α-hetero) is 1. The number of carbonyl (C=O) groups is 1. The molecule has 0 bridgehead atoms. The Kier molecular flexibility index (Phi) is 3.71. The van der Waals surface area contributed by atoms with Gasteiger partial charge >= 0.3 is 0 Å². The average Bonchev–Trinajstić information content (AvgIpc) is 2.71. The lowest BCUT2D eigenvalue weighted by atomic mass is 10.1. The first-order valence-electron chi connectivity index (χ1n) is 5.18. The molecule has 1 saturated heterocycles. The van der Waals surface area contributed by atoms with Gasteiger partial charge in [-0.1, -0.05) is 11.6 Å². The third kappa shape index (κ3) is 2.99. The Morgan fingerprint density at radius 3 is 2.40 bits per heavy atom. The molecule has 0 radical (unpaired) electrons. The van der Waals surface area contributed by atoms with Crippen LogP contribution in [0, 0.1) is 0 Å². The Hall–Kier alpha value is -0.470. The molecular formula is C12H14ClOS+. The molecule has 3 heteroatoms. The van der Waals surface area contributed by atoms with Gasteiger partial charge in [-0.15, -0.1) is 0 Å². The van der Waals surface area contributed by atoms with Crippen molar-refractivity contribution in [3.63, 3.8) is 0 Å². The summed E-state index contributed by atoms with van der Waals surface area (Å²) in [5, 5.41) is 0.690. The summed E-state index contributed by atoms with van der Waals surface area (Å²) in [4.78, 5) is 11.9. The van der Waals surface area contributed by atoms with Crippen LogP contribution in [0.5, 0.6) is 0 Å². The number of hydrogen-bond donors (Lipinski definition) is 0. The van der Waals surface area contributed by atoms with Crippen LogP contribution in [-0.4, -0.2) is 23.0 Å². The highest BCUT2D eigenvalue weighted by Crippen LogP contribution is 2.16. The lowest BCUT2D eigenvalue weighted by molar-refractivity contribution is 0.102. The Bertz CT molecular complexity index is 341. The second-order valence-electron chi connectivity index (χ2n) is 3.80. The fourth-order valence-corrected chi connectivity index (χ4v) is 4.14. The molecule has 0 amide bonds. The molecule has 0 spiro atoms. The summed E-state index contributed by atoms with van der Waals surface area (Å²) >= 11 is 5.78. The average molecular weight is 242 g/mol. The molecule has 1 fully saturated rings.